The van der Waals surface area contributed by atoms with Gasteiger partial charge in [-0.25, -0.2) is 4.79 Å². The van der Waals surface area contributed by atoms with Gasteiger partial charge in [0.05, 0.1) is 0 Å². The van der Waals surface area contributed by atoms with Crippen molar-refractivity contribution in [2.24, 2.45) is 0 Å². The number of imide groups is 1. The molecule has 2 aliphatic heterocycles. The number of piperidine rings is 1. The molecule has 4 amide bonds. The van der Waals surface area contributed by atoms with Crippen LogP contribution in [0.3, 0.4) is 0 Å². The quantitative estimate of drug-likeness (QED) is 0.665. The Morgan fingerprint density at radius 1 is 1.47 bits per heavy atom. The van der Waals surface area contributed by atoms with E-state index in [1.54, 1.807) is 7.05 Å². The van der Waals surface area contributed by atoms with Crippen LogP contribution in [0.15, 0.2) is 0 Å². The highest BCUT2D eigenvalue weighted by molar-refractivity contribution is 6.04. The molecule has 2 N–H and O–H groups in total. The molecule has 0 bridgehead atoms. The fraction of sp³-hybridized carbons (Fsp3) is 0.727. The Morgan fingerprint density at radius 3 is 2.74 bits per heavy atom. The van der Waals surface area contributed by atoms with Crippen molar-refractivity contribution in [3.63, 3.8) is 0 Å². The third kappa shape index (κ3) is 3.81. The normalized spacial score (nSPS) is 23.3. The van der Waals surface area contributed by atoms with Crippen LogP contribution in [0.25, 0.3) is 0 Å². The van der Waals surface area contributed by atoms with E-state index in [1.807, 2.05) is 0 Å². The first-order valence-electron chi connectivity index (χ1n) is 6.13. The number of amides is 4. The van der Waals surface area contributed by atoms with Gasteiger partial charge in [-0.3, -0.25) is 14.5 Å². The number of likely N-dealkylation sites (N-methyl/N-ethyl adjacent to an activating group) is 1. The maximum Gasteiger partial charge on any atom is 0.327 e. The molecule has 108 valence electrons. The average molecular weight is 291 g/mol. The molecule has 2 fully saturated rings. The van der Waals surface area contributed by atoms with Crippen molar-refractivity contribution in [1.82, 2.24) is 20.4 Å². The van der Waals surface area contributed by atoms with Crippen molar-refractivity contribution >= 4 is 30.3 Å². The molecular weight excluding hydrogens is 272 g/mol. The second kappa shape index (κ2) is 6.72. The van der Waals surface area contributed by atoms with Gasteiger partial charge >= 0.3 is 6.03 Å². The van der Waals surface area contributed by atoms with Gasteiger partial charge in [-0.15, -0.1) is 12.4 Å². The summed E-state index contributed by atoms with van der Waals surface area (Å²) < 4.78 is 0. The Bertz CT molecular complexity index is 371. The van der Waals surface area contributed by atoms with Gasteiger partial charge in [0.25, 0.3) is 5.91 Å². The van der Waals surface area contributed by atoms with Crippen molar-refractivity contribution in [3.05, 3.63) is 0 Å². The second-order valence-electron chi connectivity index (χ2n) is 4.73. The zero-order valence-electron chi connectivity index (χ0n) is 10.8. The predicted molar refractivity (Wildman–Crippen MR) is 71.0 cm³/mol. The fourth-order valence-corrected chi connectivity index (χ4v) is 2.22. The van der Waals surface area contributed by atoms with E-state index in [2.05, 4.69) is 10.6 Å². The number of halogens is 1. The van der Waals surface area contributed by atoms with E-state index in [9.17, 15) is 14.4 Å². The van der Waals surface area contributed by atoms with Crippen LogP contribution in [0.2, 0.25) is 0 Å². The van der Waals surface area contributed by atoms with Gasteiger partial charge in [0.15, 0.2) is 0 Å². The maximum atomic E-state index is 11.8. The summed E-state index contributed by atoms with van der Waals surface area (Å²) in [4.78, 5) is 37.1. The molecule has 0 aliphatic carbocycles. The lowest BCUT2D eigenvalue weighted by atomic mass is 10.1. The van der Waals surface area contributed by atoms with E-state index < -0.39 is 6.03 Å². The summed E-state index contributed by atoms with van der Waals surface area (Å²) in [6.07, 6.45) is 1.95. The van der Waals surface area contributed by atoms with Crippen LogP contribution in [0.4, 0.5) is 4.79 Å². The molecule has 0 radical (unpaired) electrons. The first-order chi connectivity index (χ1) is 8.58. The lowest BCUT2D eigenvalue weighted by Crippen LogP contribution is -2.49. The molecule has 2 heterocycles. The number of hydrogen-bond acceptors (Lipinski definition) is 4. The molecule has 0 spiro atoms. The minimum absolute atomic E-state index is 0. The van der Waals surface area contributed by atoms with Gasteiger partial charge in [0, 0.05) is 19.6 Å². The Morgan fingerprint density at radius 2 is 2.21 bits per heavy atom. The van der Waals surface area contributed by atoms with E-state index in [4.69, 9.17) is 0 Å². The van der Waals surface area contributed by atoms with Crippen LogP contribution in [0, 0.1) is 0 Å². The number of rotatable bonds is 3. The predicted octanol–water partition coefficient (Wildman–Crippen LogP) is -0.830. The second-order valence-corrected chi connectivity index (χ2v) is 4.73. The average Bonchev–Trinajstić information content (AvgIpc) is 2.57. The van der Waals surface area contributed by atoms with E-state index in [1.165, 1.54) is 4.90 Å². The molecule has 0 aromatic rings. The highest BCUT2D eigenvalue weighted by Gasteiger charge is 2.35. The van der Waals surface area contributed by atoms with Gasteiger partial charge in [0.1, 0.15) is 13.1 Å². The van der Waals surface area contributed by atoms with Gasteiger partial charge in [0.2, 0.25) is 5.91 Å². The minimum Gasteiger partial charge on any atom is -0.351 e. The third-order valence-corrected chi connectivity index (χ3v) is 3.19. The molecule has 2 rings (SSSR count). The third-order valence-electron chi connectivity index (χ3n) is 3.19. The van der Waals surface area contributed by atoms with E-state index in [-0.39, 0.29) is 43.4 Å². The molecular formula is C11H19ClN4O3. The molecule has 0 aromatic heterocycles. The highest BCUT2D eigenvalue weighted by atomic mass is 35.5. The maximum absolute atomic E-state index is 11.8. The first-order valence-corrected chi connectivity index (χ1v) is 6.13. The molecule has 1 atom stereocenters. The standard InChI is InChI=1S/C11H18N4O3.ClH/c1-14-7-10(17)15(11(14)18)6-9(16)13-8-3-2-4-12-5-8;/h8,12H,2-7H2,1H3,(H,13,16);1H/t8-;/m0./s1. The largest absolute Gasteiger partial charge is 0.351 e. The smallest absolute Gasteiger partial charge is 0.327 e. The topological polar surface area (TPSA) is 81.8 Å². The molecule has 2 aliphatic rings. The highest BCUT2D eigenvalue weighted by Crippen LogP contribution is 2.07. The lowest BCUT2D eigenvalue weighted by molar-refractivity contribution is -0.131. The Kier molecular flexibility index (Phi) is 5.56. The van der Waals surface area contributed by atoms with E-state index in [0.29, 0.717) is 0 Å². The van der Waals surface area contributed by atoms with Crippen LogP contribution >= 0.6 is 12.4 Å². The van der Waals surface area contributed by atoms with Crippen molar-refractivity contribution < 1.29 is 14.4 Å². The van der Waals surface area contributed by atoms with Crippen molar-refractivity contribution in [2.45, 2.75) is 18.9 Å². The van der Waals surface area contributed by atoms with Crippen LogP contribution < -0.4 is 10.6 Å². The van der Waals surface area contributed by atoms with Gasteiger partial charge in [-0.05, 0) is 19.4 Å². The van der Waals surface area contributed by atoms with Gasteiger partial charge < -0.3 is 15.5 Å². The van der Waals surface area contributed by atoms with Crippen LogP contribution in [0.1, 0.15) is 12.8 Å². The first kappa shape index (κ1) is 15.7. The zero-order valence-corrected chi connectivity index (χ0v) is 11.7. The van der Waals surface area contributed by atoms with Crippen LogP contribution in [0.5, 0.6) is 0 Å². The molecule has 2 saturated heterocycles. The summed E-state index contributed by atoms with van der Waals surface area (Å²) in [5.74, 6) is -0.597. The Hall–Kier alpha value is -1.34. The Labute approximate surface area is 118 Å². The monoisotopic (exact) mass is 290 g/mol. The summed E-state index contributed by atoms with van der Waals surface area (Å²) in [6.45, 7) is 1.59. The molecule has 0 unspecified atom stereocenters. The van der Waals surface area contributed by atoms with Crippen molar-refractivity contribution in [3.8, 4) is 0 Å². The molecule has 19 heavy (non-hydrogen) atoms. The fourth-order valence-electron chi connectivity index (χ4n) is 2.22. The number of carbonyl (C=O) groups is 3. The van der Waals surface area contributed by atoms with Crippen molar-refractivity contribution in [2.75, 3.05) is 33.2 Å². The zero-order chi connectivity index (χ0) is 13.1. The molecule has 7 nitrogen and oxygen atoms in total. The summed E-state index contributed by atoms with van der Waals surface area (Å²) in [7, 11) is 1.54. The summed E-state index contributed by atoms with van der Waals surface area (Å²) in [6, 6.07) is -0.311. The number of nitrogens with one attached hydrogen (secondary N) is 2. The minimum atomic E-state index is -0.406. The van der Waals surface area contributed by atoms with Crippen molar-refractivity contribution in [1.29, 1.82) is 0 Å². The van der Waals surface area contributed by atoms with Crippen LogP contribution in [-0.4, -0.2) is 66.9 Å². The number of urea groups is 1. The molecule has 0 aromatic carbocycles. The number of nitrogens with zero attached hydrogens (tertiary/aromatic N) is 2. The van der Waals surface area contributed by atoms with Crippen LogP contribution in [-0.2, 0) is 9.59 Å². The summed E-state index contributed by atoms with van der Waals surface area (Å²) in [5.41, 5.74) is 0. The number of hydrogen-bond donors (Lipinski definition) is 2. The van der Waals surface area contributed by atoms with Gasteiger partial charge in [-0.2, -0.15) is 0 Å². The molecule has 8 heteroatoms. The summed E-state index contributed by atoms with van der Waals surface area (Å²) >= 11 is 0. The lowest BCUT2D eigenvalue weighted by Gasteiger charge is -2.24. The van der Waals surface area contributed by atoms with E-state index >= 15 is 0 Å². The SMILES string of the molecule is CN1CC(=O)N(CC(=O)N[C@H]2CCCNC2)C1=O.Cl. The van der Waals surface area contributed by atoms with E-state index in [0.717, 1.165) is 30.8 Å². The summed E-state index contributed by atoms with van der Waals surface area (Å²) in [5, 5.41) is 6.02. The molecule has 0 saturated carbocycles. The number of carbonyl (C=O) groups excluding carboxylic acids is 3. The Balaban J connectivity index is 0.00000180. The van der Waals surface area contributed by atoms with Gasteiger partial charge in [-0.1, -0.05) is 0 Å².